The molecule has 5 rings (SSSR count). The maximum Gasteiger partial charge on any atom is 0.351 e. The third kappa shape index (κ3) is 2.64. The molecule has 9 heteroatoms. The van der Waals surface area contributed by atoms with Gasteiger partial charge in [0.05, 0.1) is 23.4 Å². The molecule has 164 valence electrons. The molecule has 2 aliphatic rings. The van der Waals surface area contributed by atoms with E-state index in [1.54, 1.807) is 19.1 Å². The molecule has 0 amide bonds. The number of fused-ring (bicyclic) bond motifs is 5. The molecule has 0 aliphatic carbocycles. The van der Waals surface area contributed by atoms with Crippen molar-refractivity contribution < 1.29 is 24.5 Å². The Balaban J connectivity index is 1.77. The molecule has 4 heterocycles. The van der Waals surface area contributed by atoms with Crippen molar-refractivity contribution in [3.05, 3.63) is 56.9 Å². The Morgan fingerprint density at radius 2 is 1.97 bits per heavy atom. The zero-order valence-corrected chi connectivity index (χ0v) is 17.8. The van der Waals surface area contributed by atoms with Crippen molar-refractivity contribution in [3.63, 3.8) is 0 Å². The van der Waals surface area contributed by atoms with Crippen LogP contribution in [0.4, 0.5) is 0 Å². The molecule has 1 atom stereocenters. The summed E-state index contributed by atoms with van der Waals surface area (Å²) in [5.41, 5.74) is -0.0542. The number of aromatic nitrogens is 2. The van der Waals surface area contributed by atoms with Crippen molar-refractivity contribution in [1.29, 1.82) is 0 Å². The van der Waals surface area contributed by atoms with Crippen molar-refractivity contribution in [2.45, 2.75) is 32.0 Å². The zero-order valence-electron chi connectivity index (χ0n) is 17.8. The maximum atomic E-state index is 13.2. The van der Waals surface area contributed by atoms with Gasteiger partial charge in [0.25, 0.3) is 5.56 Å². The lowest BCUT2D eigenvalue weighted by molar-refractivity contribution is -0.162. The summed E-state index contributed by atoms with van der Waals surface area (Å²) in [6.45, 7) is 2.25. The van der Waals surface area contributed by atoms with Gasteiger partial charge in [-0.15, -0.1) is 0 Å². The van der Waals surface area contributed by atoms with Gasteiger partial charge in [-0.25, -0.2) is 14.6 Å². The smallest absolute Gasteiger partial charge is 0.351 e. The molecule has 0 unspecified atom stereocenters. The average molecular weight is 435 g/mol. The van der Waals surface area contributed by atoms with E-state index < -0.39 is 23.1 Å². The first kappa shape index (κ1) is 20.3. The molecule has 0 saturated heterocycles. The number of aromatic hydroxyl groups is 1. The number of benzene rings is 1. The van der Waals surface area contributed by atoms with Gasteiger partial charge in [-0.1, -0.05) is 6.92 Å². The van der Waals surface area contributed by atoms with Crippen LogP contribution in [0, 0.1) is 0 Å². The lowest BCUT2D eigenvalue weighted by Crippen LogP contribution is -2.47. The molecule has 0 bridgehead atoms. The van der Waals surface area contributed by atoms with E-state index in [4.69, 9.17) is 4.98 Å². The van der Waals surface area contributed by atoms with Crippen LogP contribution < -0.4 is 5.56 Å². The minimum Gasteiger partial charge on any atom is -0.508 e. The molecule has 3 aromatic rings. The molecule has 2 aliphatic heterocycles. The lowest BCUT2D eigenvalue weighted by atomic mass is 9.85. The standard InChI is InChI=1S/C23H21N3O6/c1-4-23(31)14-8-16-19-11(9-26(16)20(28)18(14)21(29)32-22(23)30)7-12-13(10-25(2)3)17(27)6-5-15(12)24-19/h5-8,27,31H,4,9-10H2,1-3H3/t23-/m0/s1. The number of hydrogen-bond acceptors (Lipinski definition) is 8. The second kappa shape index (κ2) is 6.72. The minimum atomic E-state index is -2.08. The average Bonchev–Trinajstić information content (AvgIpc) is 3.10. The number of carbonyl (C=O) groups is 2. The summed E-state index contributed by atoms with van der Waals surface area (Å²) in [6, 6.07) is 6.66. The predicted molar refractivity (Wildman–Crippen MR) is 114 cm³/mol. The number of nitrogens with zero attached hydrogens (tertiary/aromatic N) is 3. The SMILES string of the molecule is CC[C@@]1(O)C(=O)OC(=O)c2c1cc1n(c2=O)Cc2cc3c(CN(C)C)c(O)ccc3nc2-1. The second-order valence-electron chi connectivity index (χ2n) is 8.46. The van der Waals surface area contributed by atoms with E-state index in [1.807, 2.05) is 25.1 Å². The summed E-state index contributed by atoms with van der Waals surface area (Å²) >= 11 is 0. The number of pyridine rings is 2. The van der Waals surface area contributed by atoms with Crippen molar-refractivity contribution >= 4 is 22.8 Å². The van der Waals surface area contributed by atoms with Crippen LogP contribution in [0.2, 0.25) is 0 Å². The molecule has 1 aromatic carbocycles. The molecule has 9 nitrogen and oxygen atoms in total. The molecular formula is C23H21N3O6. The topological polar surface area (TPSA) is 122 Å². The van der Waals surface area contributed by atoms with E-state index in [2.05, 4.69) is 4.74 Å². The van der Waals surface area contributed by atoms with Crippen LogP contribution in [-0.4, -0.2) is 50.7 Å². The highest BCUT2D eigenvalue weighted by Crippen LogP contribution is 2.39. The van der Waals surface area contributed by atoms with Gasteiger partial charge >= 0.3 is 11.9 Å². The number of phenolic OH excluding ortho intramolecular Hbond substituents is 1. The van der Waals surface area contributed by atoms with Gasteiger partial charge < -0.3 is 24.4 Å². The third-order valence-corrected chi connectivity index (χ3v) is 6.19. The minimum absolute atomic E-state index is 0.0498. The normalized spacial score (nSPS) is 19.2. The summed E-state index contributed by atoms with van der Waals surface area (Å²) < 4.78 is 6.07. The summed E-state index contributed by atoms with van der Waals surface area (Å²) in [5, 5.41) is 22.1. The van der Waals surface area contributed by atoms with Gasteiger partial charge in [-0.3, -0.25) is 4.79 Å². The van der Waals surface area contributed by atoms with Crippen LogP contribution in [0.5, 0.6) is 5.75 Å². The molecule has 0 spiro atoms. The van der Waals surface area contributed by atoms with Crippen molar-refractivity contribution in [3.8, 4) is 17.1 Å². The highest BCUT2D eigenvalue weighted by Gasteiger charge is 2.49. The van der Waals surface area contributed by atoms with Crippen LogP contribution in [0.1, 0.15) is 40.4 Å². The van der Waals surface area contributed by atoms with Crippen molar-refractivity contribution in [2.24, 2.45) is 0 Å². The summed E-state index contributed by atoms with van der Waals surface area (Å²) in [4.78, 5) is 44.5. The fourth-order valence-electron chi connectivity index (χ4n) is 4.52. The molecule has 2 aromatic heterocycles. The Morgan fingerprint density at radius 1 is 1.22 bits per heavy atom. The van der Waals surface area contributed by atoms with E-state index in [0.29, 0.717) is 23.4 Å². The van der Waals surface area contributed by atoms with Gasteiger partial charge in [0, 0.05) is 28.6 Å². The van der Waals surface area contributed by atoms with Crippen LogP contribution in [0.3, 0.4) is 0 Å². The summed E-state index contributed by atoms with van der Waals surface area (Å²) in [6.07, 6.45) is -0.0554. The van der Waals surface area contributed by atoms with E-state index in [9.17, 15) is 24.6 Å². The Kier molecular flexibility index (Phi) is 4.27. The number of phenols is 1. The predicted octanol–water partition coefficient (Wildman–Crippen LogP) is 1.49. The first-order valence-corrected chi connectivity index (χ1v) is 10.2. The van der Waals surface area contributed by atoms with Crippen LogP contribution in [-0.2, 0) is 28.2 Å². The van der Waals surface area contributed by atoms with Gasteiger partial charge in [0.1, 0.15) is 11.3 Å². The van der Waals surface area contributed by atoms with Crippen LogP contribution >= 0.6 is 0 Å². The van der Waals surface area contributed by atoms with E-state index in [-0.39, 0.29) is 29.8 Å². The van der Waals surface area contributed by atoms with Gasteiger partial charge in [-0.05, 0) is 44.8 Å². The van der Waals surface area contributed by atoms with Gasteiger partial charge in [-0.2, -0.15) is 0 Å². The monoisotopic (exact) mass is 435 g/mol. The van der Waals surface area contributed by atoms with Crippen LogP contribution in [0.25, 0.3) is 22.3 Å². The van der Waals surface area contributed by atoms with E-state index >= 15 is 0 Å². The number of aliphatic hydroxyl groups is 1. The number of hydrogen-bond donors (Lipinski definition) is 2. The highest BCUT2D eigenvalue weighted by molar-refractivity contribution is 6.05. The quantitative estimate of drug-likeness (QED) is 0.367. The number of cyclic esters (lactones) is 2. The summed E-state index contributed by atoms with van der Waals surface area (Å²) in [5.74, 6) is -1.99. The third-order valence-electron chi connectivity index (χ3n) is 6.19. The maximum absolute atomic E-state index is 13.2. The molecular weight excluding hydrogens is 414 g/mol. The molecule has 32 heavy (non-hydrogen) atoms. The molecule has 0 saturated carbocycles. The van der Waals surface area contributed by atoms with E-state index in [0.717, 1.165) is 16.5 Å². The second-order valence-corrected chi connectivity index (χ2v) is 8.46. The first-order valence-electron chi connectivity index (χ1n) is 10.2. The van der Waals surface area contributed by atoms with Gasteiger partial charge in [0.2, 0.25) is 0 Å². The largest absolute Gasteiger partial charge is 0.508 e. The Labute approximate surface area is 182 Å². The number of rotatable bonds is 3. The van der Waals surface area contributed by atoms with E-state index in [1.165, 1.54) is 10.6 Å². The van der Waals surface area contributed by atoms with Gasteiger partial charge in [0.15, 0.2) is 5.60 Å². The molecule has 0 fully saturated rings. The lowest BCUT2D eigenvalue weighted by Gasteiger charge is -2.30. The number of esters is 2. The number of ether oxygens (including phenoxy) is 1. The molecule has 0 radical (unpaired) electrons. The zero-order chi connectivity index (χ0) is 22.9. The Hall–Kier alpha value is -3.56. The number of carbonyl (C=O) groups excluding carboxylic acids is 2. The summed E-state index contributed by atoms with van der Waals surface area (Å²) in [7, 11) is 3.79. The fraction of sp³-hybridized carbons (Fsp3) is 0.304. The highest BCUT2D eigenvalue weighted by atomic mass is 16.6. The van der Waals surface area contributed by atoms with Crippen molar-refractivity contribution in [1.82, 2.24) is 14.5 Å². The first-order chi connectivity index (χ1) is 15.2. The van der Waals surface area contributed by atoms with Crippen LogP contribution in [0.15, 0.2) is 29.1 Å². The molecule has 2 N–H and O–H groups in total. The Morgan fingerprint density at radius 3 is 2.66 bits per heavy atom. The van der Waals surface area contributed by atoms with Crippen molar-refractivity contribution in [2.75, 3.05) is 14.1 Å². The Bertz CT molecular complexity index is 1410. The fourth-order valence-corrected chi connectivity index (χ4v) is 4.52.